The summed E-state index contributed by atoms with van der Waals surface area (Å²) in [4.78, 5) is 15.9. The molecule has 2 N–H and O–H groups in total. The minimum absolute atomic E-state index is 0.245. The number of nitrogens with one attached hydrogen (secondary N) is 2. The number of aryl methyl sites for hydroxylation is 1. The van der Waals surface area contributed by atoms with Crippen LogP contribution in [0.15, 0.2) is 35.1 Å². The lowest BCUT2D eigenvalue weighted by Crippen LogP contribution is -2.15. The lowest BCUT2D eigenvalue weighted by Gasteiger charge is -2.09. The number of amides is 1. The Labute approximate surface area is 105 Å². The van der Waals surface area contributed by atoms with Crippen molar-refractivity contribution in [3.05, 3.63) is 47.7 Å². The van der Waals surface area contributed by atoms with Crippen molar-refractivity contribution < 1.29 is 9.21 Å². The molecular weight excluding hydrogens is 230 g/mol. The maximum absolute atomic E-state index is 12.0. The van der Waals surface area contributed by atoms with Gasteiger partial charge in [0, 0.05) is 12.2 Å². The highest BCUT2D eigenvalue weighted by Gasteiger charge is 2.15. The van der Waals surface area contributed by atoms with Gasteiger partial charge in [0.1, 0.15) is 0 Å². The van der Waals surface area contributed by atoms with Crippen LogP contribution in [0.1, 0.15) is 21.8 Å². The van der Waals surface area contributed by atoms with Gasteiger partial charge in [-0.3, -0.25) is 4.79 Å². The van der Waals surface area contributed by atoms with E-state index in [0.717, 1.165) is 11.3 Å². The molecule has 1 aromatic heterocycles. The highest BCUT2D eigenvalue weighted by Crippen LogP contribution is 2.16. The summed E-state index contributed by atoms with van der Waals surface area (Å²) in [6, 6.07) is 7.62. The topological polar surface area (TPSA) is 67.2 Å². The monoisotopic (exact) mass is 245 g/mol. The fraction of sp³-hybridized carbons (Fsp3) is 0.231. The van der Waals surface area contributed by atoms with Crippen molar-refractivity contribution in [2.75, 3.05) is 12.4 Å². The molecule has 0 unspecified atom stereocenters. The SMILES string of the molecule is CNCc1ccccc1NC(=O)c1ocnc1C. The summed E-state index contributed by atoms with van der Waals surface area (Å²) in [5, 5.41) is 5.88. The van der Waals surface area contributed by atoms with Gasteiger partial charge in [-0.25, -0.2) is 4.98 Å². The minimum Gasteiger partial charge on any atom is -0.438 e. The van der Waals surface area contributed by atoms with E-state index in [1.54, 1.807) is 6.92 Å². The second-order valence-electron chi connectivity index (χ2n) is 3.91. The minimum atomic E-state index is -0.284. The Morgan fingerprint density at radius 1 is 1.39 bits per heavy atom. The average molecular weight is 245 g/mol. The lowest BCUT2D eigenvalue weighted by atomic mass is 10.1. The van der Waals surface area contributed by atoms with Gasteiger partial charge in [0.05, 0.1) is 5.69 Å². The van der Waals surface area contributed by atoms with Crippen LogP contribution in [0.2, 0.25) is 0 Å². The predicted molar refractivity (Wildman–Crippen MR) is 68.4 cm³/mol. The quantitative estimate of drug-likeness (QED) is 0.864. The van der Waals surface area contributed by atoms with Gasteiger partial charge in [-0.05, 0) is 25.6 Å². The number of benzene rings is 1. The Morgan fingerprint density at radius 3 is 2.83 bits per heavy atom. The Bertz CT molecular complexity index is 549. The summed E-state index contributed by atoms with van der Waals surface area (Å²) < 4.78 is 5.06. The Kier molecular flexibility index (Phi) is 3.74. The predicted octanol–water partition coefficient (Wildman–Crippen LogP) is 1.95. The van der Waals surface area contributed by atoms with Crippen LogP contribution in [0.5, 0.6) is 0 Å². The summed E-state index contributed by atoms with van der Waals surface area (Å²) in [7, 11) is 1.86. The summed E-state index contributed by atoms with van der Waals surface area (Å²) >= 11 is 0. The maximum atomic E-state index is 12.0. The van der Waals surface area contributed by atoms with Gasteiger partial charge in [-0.2, -0.15) is 0 Å². The second-order valence-corrected chi connectivity index (χ2v) is 3.91. The smallest absolute Gasteiger partial charge is 0.293 e. The lowest BCUT2D eigenvalue weighted by molar-refractivity contribution is 0.0995. The summed E-state index contributed by atoms with van der Waals surface area (Å²) in [5.41, 5.74) is 2.37. The standard InChI is InChI=1S/C13H15N3O2/c1-9-12(18-8-15-9)13(17)16-11-6-4-3-5-10(11)7-14-2/h3-6,8,14H,7H2,1-2H3,(H,16,17). The van der Waals surface area contributed by atoms with E-state index in [4.69, 9.17) is 4.42 Å². The number of oxazole rings is 1. The molecule has 0 fully saturated rings. The highest BCUT2D eigenvalue weighted by molar-refractivity contribution is 6.03. The van der Waals surface area contributed by atoms with E-state index in [1.807, 2.05) is 31.3 Å². The number of hydrogen-bond donors (Lipinski definition) is 2. The molecule has 0 saturated heterocycles. The second kappa shape index (κ2) is 5.46. The summed E-state index contributed by atoms with van der Waals surface area (Å²) in [6.45, 7) is 2.42. The van der Waals surface area contributed by atoms with Crippen molar-refractivity contribution in [1.82, 2.24) is 10.3 Å². The molecule has 0 aliphatic carbocycles. The number of rotatable bonds is 4. The Hall–Kier alpha value is -2.14. The fourth-order valence-electron chi connectivity index (χ4n) is 1.69. The van der Waals surface area contributed by atoms with Crippen molar-refractivity contribution in [2.45, 2.75) is 13.5 Å². The molecule has 1 aromatic carbocycles. The zero-order chi connectivity index (χ0) is 13.0. The normalized spacial score (nSPS) is 10.3. The molecule has 2 aromatic rings. The van der Waals surface area contributed by atoms with Crippen molar-refractivity contribution in [1.29, 1.82) is 0 Å². The number of anilines is 1. The summed E-state index contributed by atoms with van der Waals surface area (Å²) in [6.07, 6.45) is 1.27. The molecule has 1 heterocycles. The fourth-order valence-corrected chi connectivity index (χ4v) is 1.69. The van der Waals surface area contributed by atoms with Crippen LogP contribution in [-0.4, -0.2) is 17.9 Å². The molecule has 0 atom stereocenters. The average Bonchev–Trinajstić information content (AvgIpc) is 2.78. The van der Waals surface area contributed by atoms with Gasteiger partial charge in [0.2, 0.25) is 5.76 Å². The van der Waals surface area contributed by atoms with Gasteiger partial charge < -0.3 is 15.1 Å². The van der Waals surface area contributed by atoms with Crippen molar-refractivity contribution in [3.63, 3.8) is 0 Å². The summed E-state index contributed by atoms with van der Waals surface area (Å²) in [5.74, 6) is -0.0391. The molecule has 0 saturated carbocycles. The van der Waals surface area contributed by atoms with E-state index < -0.39 is 0 Å². The molecular formula is C13H15N3O2. The van der Waals surface area contributed by atoms with E-state index in [0.29, 0.717) is 12.2 Å². The number of carbonyl (C=O) groups excluding carboxylic acids is 1. The maximum Gasteiger partial charge on any atom is 0.293 e. The zero-order valence-electron chi connectivity index (χ0n) is 10.4. The number of para-hydroxylation sites is 1. The first-order valence-corrected chi connectivity index (χ1v) is 5.66. The Balaban J connectivity index is 2.19. The van der Waals surface area contributed by atoms with E-state index >= 15 is 0 Å². The zero-order valence-corrected chi connectivity index (χ0v) is 10.4. The first-order valence-electron chi connectivity index (χ1n) is 5.66. The van der Waals surface area contributed by atoms with Gasteiger partial charge in [-0.1, -0.05) is 18.2 Å². The van der Waals surface area contributed by atoms with E-state index in [2.05, 4.69) is 15.6 Å². The van der Waals surface area contributed by atoms with Crippen molar-refractivity contribution >= 4 is 11.6 Å². The molecule has 0 aliphatic heterocycles. The van der Waals surface area contributed by atoms with E-state index in [-0.39, 0.29) is 11.7 Å². The van der Waals surface area contributed by atoms with Crippen LogP contribution < -0.4 is 10.6 Å². The largest absolute Gasteiger partial charge is 0.438 e. The number of aromatic nitrogens is 1. The van der Waals surface area contributed by atoms with Crippen molar-refractivity contribution in [2.24, 2.45) is 0 Å². The van der Waals surface area contributed by atoms with Gasteiger partial charge in [0.25, 0.3) is 5.91 Å². The van der Waals surface area contributed by atoms with Crippen LogP contribution in [0.3, 0.4) is 0 Å². The molecule has 0 aliphatic rings. The molecule has 94 valence electrons. The highest BCUT2D eigenvalue weighted by atomic mass is 16.3. The third-order valence-electron chi connectivity index (χ3n) is 2.58. The third kappa shape index (κ3) is 2.57. The molecule has 0 bridgehead atoms. The number of nitrogens with zero attached hydrogens (tertiary/aromatic N) is 1. The van der Waals surface area contributed by atoms with Crippen LogP contribution >= 0.6 is 0 Å². The van der Waals surface area contributed by atoms with Gasteiger partial charge >= 0.3 is 0 Å². The Morgan fingerprint density at radius 2 is 2.17 bits per heavy atom. The van der Waals surface area contributed by atoms with Crippen LogP contribution in [0.4, 0.5) is 5.69 Å². The molecule has 5 nitrogen and oxygen atoms in total. The molecule has 0 radical (unpaired) electrons. The van der Waals surface area contributed by atoms with E-state index in [9.17, 15) is 4.79 Å². The third-order valence-corrected chi connectivity index (χ3v) is 2.58. The molecule has 18 heavy (non-hydrogen) atoms. The van der Waals surface area contributed by atoms with Gasteiger partial charge in [0.15, 0.2) is 6.39 Å². The number of hydrogen-bond acceptors (Lipinski definition) is 4. The molecule has 2 rings (SSSR count). The van der Waals surface area contributed by atoms with E-state index in [1.165, 1.54) is 6.39 Å². The first kappa shape index (κ1) is 12.3. The molecule has 0 spiro atoms. The first-order chi connectivity index (χ1) is 8.72. The van der Waals surface area contributed by atoms with Gasteiger partial charge in [-0.15, -0.1) is 0 Å². The van der Waals surface area contributed by atoms with Crippen LogP contribution in [0.25, 0.3) is 0 Å². The molecule has 5 heteroatoms. The number of carbonyl (C=O) groups is 1. The van der Waals surface area contributed by atoms with Crippen molar-refractivity contribution in [3.8, 4) is 0 Å². The molecule has 1 amide bonds. The van der Waals surface area contributed by atoms with Crippen LogP contribution in [-0.2, 0) is 6.54 Å². The van der Waals surface area contributed by atoms with Crippen LogP contribution in [0, 0.1) is 6.92 Å².